The van der Waals surface area contributed by atoms with Gasteiger partial charge in [-0.2, -0.15) is 0 Å². The minimum atomic E-state index is -0.272. The number of thiazole rings is 1. The molecule has 2 aliphatic carbocycles. The fourth-order valence-corrected chi connectivity index (χ4v) is 5.44. The van der Waals surface area contributed by atoms with Crippen molar-refractivity contribution in [3.05, 3.63) is 41.2 Å². The van der Waals surface area contributed by atoms with Crippen molar-refractivity contribution in [3.63, 3.8) is 0 Å². The van der Waals surface area contributed by atoms with Gasteiger partial charge in [0, 0.05) is 17.0 Å². The third-order valence-corrected chi connectivity index (χ3v) is 6.73. The molecule has 4 atom stereocenters. The van der Waals surface area contributed by atoms with Gasteiger partial charge in [0.05, 0.1) is 12.1 Å². The number of hydrogen-bond acceptors (Lipinski definition) is 3. The SMILES string of the molecule is C[C@@H](NC(=O)Cc1csc(-c2cccc(F)c2)n1)[C@@H]1C[C@H]2CC[C@H]1C2. The molecule has 25 heavy (non-hydrogen) atoms. The molecular weight excluding hydrogens is 335 g/mol. The first kappa shape index (κ1) is 16.7. The summed E-state index contributed by atoms with van der Waals surface area (Å²) >= 11 is 1.45. The minimum absolute atomic E-state index is 0.0337. The summed E-state index contributed by atoms with van der Waals surface area (Å²) in [6.07, 6.45) is 5.62. The Labute approximate surface area is 151 Å². The van der Waals surface area contributed by atoms with Gasteiger partial charge >= 0.3 is 0 Å². The van der Waals surface area contributed by atoms with E-state index in [0.29, 0.717) is 5.92 Å². The number of aromatic nitrogens is 1. The summed E-state index contributed by atoms with van der Waals surface area (Å²) in [6, 6.07) is 6.64. The van der Waals surface area contributed by atoms with E-state index in [-0.39, 0.29) is 24.2 Å². The average Bonchev–Trinajstić information content (AvgIpc) is 3.31. The van der Waals surface area contributed by atoms with Gasteiger partial charge in [-0.3, -0.25) is 4.79 Å². The summed E-state index contributed by atoms with van der Waals surface area (Å²) in [6.45, 7) is 2.14. The average molecular weight is 358 g/mol. The van der Waals surface area contributed by atoms with Gasteiger partial charge in [-0.15, -0.1) is 11.3 Å². The fraction of sp³-hybridized carbons (Fsp3) is 0.500. The first-order valence-electron chi connectivity index (χ1n) is 9.08. The van der Waals surface area contributed by atoms with Crippen LogP contribution in [-0.2, 0) is 11.2 Å². The van der Waals surface area contributed by atoms with Gasteiger partial charge in [0.15, 0.2) is 0 Å². The van der Waals surface area contributed by atoms with Crippen LogP contribution in [0.15, 0.2) is 29.6 Å². The molecule has 2 aromatic rings. The van der Waals surface area contributed by atoms with E-state index in [1.807, 2.05) is 11.4 Å². The summed E-state index contributed by atoms with van der Waals surface area (Å²) in [5.41, 5.74) is 1.51. The van der Waals surface area contributed by atoms with E-state index in [4.69, 9.17) is 0 Å². The van der Waals surface area contributed by atoms with Crippen LogP contribution in [0.2, 0.25) is 0 Å². The molecule has 5 heteroatoms. The molecular formula is C20H23FN2OS. The molecule has 1 aromatic heterocycles. The van der Waals surface area contributed by atoms with Gasteiger partial charge in [0.25, 0.3) is 0 Å². The van der Waals surface area contributed by atoms with Crippen LogP contribution < -0.4 is 5.32 Å². The zero-order chi connectivity index (χ0) is 17.4. The first-order valence-corrected chi connectivity index (χ1v) is 9.96. The van der Waals surface area contributed by atoms with Crippen molar-refractivity contribution in [2.45, 2.75) is 45.1 Å². The number of fused-ring (bicyclic) bond motifs is 2. The Hall–Kier alpha value is -1.75. The lowest BCUT2D eigenvalue weighted by molar-refractivity contribution is -0.121. The van der Waals surface area contributed by atoms with Crippen LogP contribution in [0.3, 0.4) is 0 Å². The molecule has 1 N–H and O–H groups in total. The van der Waals surface area contributed by atoms with Crippen LogP contribution in [0.1, 0.15) is 38.3 Å². The zero-order valence-corrected chi connectivity index (χ0v) is 15.2. The summed E-state index contributed by atoms with van der Waals surface area (Å²) in [5.74, 6) is 2.10. The Balaban J connectivity index is 1.35. The lowest BCUT2D eigenvalue weighted by Gasteiger charge is -2.28. The zero-order valence-electron chi connectivity index (χ0n) is 14.4. The Bertz CT molecular complexity index is 775. The molecule has 0 unspecified atom stereocenters. The van der Waals surface area contributed by atoms with E-state index in [9.17, 15) is 9.18 Å². The second-order valence-electron chi connectivity index (χ2n) is 7.53. The highest BCUT2D eigenvalue weighted by Gasteiger charge is 2.42. The molecule has 2 bridgehead atoms. The van der Waals surface area contributed by atoms with Gasteiger partial charge in [0.1, 0.15) is 10.8 Å². The maximum absolute atomic E-state index is 13.3. The van der Waals surface area contributed by atoms with Gasteiger partial charge in [0.2, 0.25) is 5.91 Å². The van der Waals surface area contributed by atoms with Gasteiger partial charge in [-0.1, -0.05) is 18.6 Å². The van der Waals surface area contributed by atoms with Crippen molar-refractivity contribution in [2.75, 3.05) is 0 Å². The summed E-state index contributed by atoms with van der Waals surface area (Å²) < 4.78 is 13.3. The van der Waals surface area contributed by atoms with Gasteiger partial charge in [-0.05, 0) is 56.1 Å². The number of carbonyl (C=O) groups excluding carboxylic acids is 1. The van der Waals surface area contributed by atoms with Crippen molar-refractivity contribution in [3.8, 4) is 10.6 Å². The third-order valence-electron chi connectivity index (χ3n) is 5.79. The maximum Gasteiger partial charge on any atom is 0.226 e. The van der Waals surface area contributed by atoms with Crippen LogP contribution >= 0.6 is 11.3 Å². The third kappa shape index (κ3) is 3.61. The Morgan fingerprint density at radius 1 is 1.40 bits per heavy atom. The van der Waals surface area contributed by atoms with Crippen LogP contribution in [0.25, 0.3) is 10.6 Å². The highest BCUT2D eigenvalue weighted by molar-refractivity contribution is 7.13. The quantitative estimate of drug-likeness (QED) is 0.859. The molecule has 1 aromatic carbocycles. The van der Waals surface area contributed by atoms with Gasteiger partial charge < -0.3 is 5.32 Å². The van der Waals surface area contributed by atoms with Crippen LogP contribution in [0, 0.1) is 23.6 Å². The van der Waals surface area contributed by atoms with E-state index >= 15 is 0 Å². The molecule has 0 saturated heterocycles. The topological polar surface area (TPSA) is 42.0 Å². The second kappa shape index (κ2) is 6.87. The highest BCUT2D eigenvalue weighted by atomic mass is 32.1. The smallest absolute Gasteiger partial charge is 0.226 e. The molecule has 1 amide bonds. The number of rotatable bonds is 5. The summed E-state index contributed by atoms with van der Waals surface area (Å²) in [7, 11) is 0. The molecule has 1 heterocycles. The van der Waals surface area contributed by atoms with Crippen molar-refractivity contribution in [1.29, 1.82) is 0 Å². The number of amides is 1. The molecule has 2 saturated carbocycles. The molecule has 4 rings (SSSR count). The lowest BCUT2D eigenvalue weighted by Crippen LogP contribution is -2.40. The Kier molecular flexibility index (Phi) is 4.59. The predicted molar refractivity (Wildman–Crippen MR) is 97.8 cm³/mol. The number of carbonyl (C=O) groups is 1. The highest BCUT2D eigenvalue weighted by Crippen LogP contribution is 2.49. The van der Waals surface area contributed by atoms with Crippen LogP contribution in [-0.4, -0.2) is 16.9 Å². The predicted octanol–water partition coefficient (Wildman–Crippen LogP) is 4.43. The van der Waals surface area contributed by atoms with Crippen LogP contribution in [0.5, 0.6) is 0 Å². The van der Waals surface area contributed by atoms with Crippen molar-refractivity contribution in [2.24, 2.45) is 17.8 Å². The van der Waals surface area contributed by atoms with E-state index in [1.165, 1.54) is 49.2 Å². The molecule has 3 nitrogen and oxygen atoms in total. The standard InChI is InChI=1S/C20H23FN2OS/c1-12(18-8-13-5-6-14(18)7-13)22-19(24)10-17-11-25-20(23-17)15-3-2-4-16(21)9-15/h2-4,9,11-14,18H,5-8,10H2,1H3,(H,22,24)/t12-,13+,14+,18+/m1/s1. The summed E-state index contributed by atoms with van der Waals surface area (Å²) in [5, 5.41) is 5.82. The van der Waals surface area contributed by atoms with E-state index < -0.39 is 0 Å². The van der Waals surface area contributed by atoms with E-state index in [0.717, 1.165) is 28.1 Å². The normalized spacial score (nSPS) is 25.9. The molecule has 132 valence electrons. The van der Waals surface area contributed by atoms with Gasteiger partial charge in [-0.25, -0.2) is 9.37 Å². The number of nitrogens with zero attached hydrogens (tertiary/aromatic N) is 1. The van der Waals surface area contributed by atoms with Crippen LogP contribution in [0.4, 0.5) is 4.39 Å². The monoisotopic (exact) mass is 358 g/mol. The minimum Gasteiger partial charge on any atom is -0.353 e. The maximum atomic E-state index is 13.3. The van der Waals surface area contributed by atoms with Crippen molar-refractivity contribution < 1.29 is 9.18 Å². The number of benzene rings is 1. The number of nitrogens with one attached hydrogen (secondary N) is 1. The van der Waals surface area contributed by atoms with Crippen molar-refractivity contribution in [1.82, 2.24) is 10.3 Å². The largest absolute Gasteiger partial charge is 0.353 e. The van der Waals surface area contributed by atoms with E-state index in [1.54, 1.807) is 6.07 Å². The molecule has 2 aliphatic rings. The second-order valence-corrected chi connectivity index (χ2v) is 8.38. The molecule has 0 aliphatic heterocycles. The number of halogens is 1. The Morgan fingerprint density at radius 2 is 2.28 bits per heavy atom. The molecule has 2 fully saturated rings. The Morgan fingerprint density at radius 3 is 3.00 bits per heavy atom. The van der Waals surface area contributed by atoms with Crippen molar-refractivity contribution >= 4 is 17.2 Å². The molecule has 0 radical (unpaired) electrons. The number of hydrogen-bond donors (Lipinski definition) is 1. The molecule has 0 spiro atoms. The summed E-state index contributed by atoms with van der Waals surface area (Å²) in [4.78, 5) is 16.9. The fourth-order valence-electron chi connectivity index (χ4n) is 4.63. The lowest BCUT2D eigenvalue weighted by atomic mass is 9.84. The first-order chi connectivity index (χ1) is 12.1. The van der Waals surface area contributed by atoms with E-state index in [2.05, 4.69) is 17.2 Å².